The number of carbonyl (C=O) groups excluding carboxylic acids is 2. The number of hydrogen-bond donors (Lipinski definition) is 0. The second-order valence-electron chi connectivity index (χ2n) is 4.55. The van der Waals surface area contributed by atoms with E-state index < -0.39 is 11.9 Å². The van der Waals surface area contributed by atoms with Gasteiger partial charge in [0.15, 0.2) is 0 Å². The summed E-state index contributed by atoms with van der Waals surface area (Å²) in [5.74, 6) is -1.28. The quantitative estimate of drug-likeness (QED) is 0.720. The molecule has 0 fully saturated rings. The number of carbonyl (C=O) groups is 2. The van der Waals surface area contributed by atoms with Crippen molar-refractivity contribution in [2.75, 3.05) is 7.11 Å². The van der Waals surface area contributed by atoms with Crippen LogP contribution < -0.4 is 0 Å². The van der Waals surface area contributed by atoms with Crippen molar-refractivity contribution in [3.8, 4) is 0 Å². The molecule has 0 N–H and O–H groups in total. The Morgan fingerprint density at radius 1 is 1.33 bits per heavy atom. The van der Waals surface area contributed by atoms with Crippen molar-refractivity contribution in [1.82, 2.24) is 0 Å². The first-order chi connectivity index (χ1) is 8.36. The SMILES string of the molecule is COC(=O)C1CC(C(=O)OC(C)C)=C(C)N=C1C. The summed E-state index contributed by atoms with van der Waals surface area (Å²) in [7, 11) is 1.33. The predicted octanol–water partition coefficient (Wildman–Crippen LogP) is 1.87. The van der Waals surface area contributed by atoms with Gasteiger partial charge in [0, 0.05) is 11.4 Å². The lowest BCUT2D eigenvalue weighted by Gasteiger charge is -2.22. The zero-order valence-electron chi connectivity index (χ0n) is 11.4. The molecule has 18 heavy (non-hydrogen) atoms. The van der Waals surface area contributed by atoms with Crippen LogP contribution in [0.25, 0.3) is 0 Å². The molecule has 1 aliphatic heterocycles. The smallest absolute Gasteiger partial charge is 0.336 e. The van der Waals surface area contributed by atoms with Crippen molar-refractivity contribution >= 4 is 17.7 Å². The molecule has 0 aromatic heterocycles. The number of allylic oxidation sites excluding steroid dienone is 1. The van der Waals surface area contributed by atoms with Crippen molar-refractivity contribution in [3.63, 3.8) is 0 Å². The molecule has 100 valence electrons. The third kappa shape index (κ3) is 3.18. The Kier molecular flexibility index (Phi) is 4.64. The van der Waals surface area contributed by atoms with Gasteiger partial charge in [-0.2, -0.15) is 0 Å². The molecule has 0 aromatic carbocycles. The molecule has 5 nitrogen and oxygen atoms in total. The number of ether oxygens (including phenoxy) is 2. The lowest BCUT2D eigenvalue weighted by Crippen LogP contribution is -2.29. The molecule has 0 saturated carbocycles. The fraction of sp³-hybridized carbons (Fsp3) is 0.615. The highest BCUT2D eigenvalue weighted by Crippen LogP contribution is 2.26. The van der Waals surface area contributed by atoms with E-state index in [1.807, 2.05) is 0 Å². The molecule has 0 aromatic rings. The Bertz CT molecular complexity index is 421. The molecule has 1 rings (SSSR count). The number of hydrogen-bond acceptors (Lipinski definition) is 5. The van der Waals surface area contributed by atoms with Crippen LogP contribution in [0.1, 0.15) is 34.1 Å². The van der Waals surface area contributed by atoms with Crippen LogP contribution in [-0.4, -0.2) is 30.9 Å². The highest BCUT2D eigenvalue weighted by molar-refractivity contribution is 6.04. The third-order valence-electron chi connectivity index (χ3n) is 2.77. The Hall–Kier alpha value is -1.65. The summed E-state index contributed by atoms with van der Waals surface area (Å²) in [6.45, 7) is 7.06. The molecule has 1 unspecified atom stereocenters. The average molecular weight is 253 g/mol. The van der Waals surface area contributed by atoms with E-state index in [0.717, 1.165) is 0 Å². The van der Waals surface area contributed by atoms with Gasteiger partial charge in [-0.15, -0.1) is 0 Å². The molecule has 1 atom stereocenters. The summed E-state index contributed by atoms with van der Waals surface area (Å²) >= 11 is 0. The van der Waals surface area contributed by atoms with Gasteiger partial charge in [0.2, 0.25) is 0 Å². The molecule has 0 bridgehead atoms. The molecule has 0 amide bonds. The average Bonchev–Trinajstić information content (AvgIpc) is 2.27. The van der Waals surface area contributed by atoms with Gasteiger partial charge in [-0.1, -0.05) is 0 Å². The maximum Gasteiger partial charge on any atom is 0.336 e. The molecule has 1 heterocycles. The van der Waals surface area contributed by atoms with E-state index in [2.05, 4.69) is 4.99 Å². The van der Waals surface area contributed by atoms with E-state index in [1.54, 1.807) is 27.7 Å². The van der Waals surface area contributed by atoms with Crippen molar-refractivity contribution in [2.45, 2.75) is 40.2 Å². The topological polar surface area (TPSA) is 65.0 Å². The monoisotopic (exact) mass is 253 g/mol. The Balaban J connectivity index is 2.95. The normalized spacial score (nSPS) is 19.7. The van der Waals surface area contributed by atoms with E-state index >= 15 is 0 Å². The van der Waals surface area contributed by atoms with Crippen molar-refractivity contribution in [2.24, 2.45) is 10.9 Å². The number of aliphatic imine (C=N–C) groups is 1. The third-order valence-corrected chi connectivity index (χ3v) is 2.77. The van der Waals surface area contributed by atoms with E-state index in [9.17, 15) is 9.59 Å². The van der Waals surface area contributed by atoms with Gasteiger partial charge in [0.1, 0.15) is 0 Å². The van der Waals surface area contributed by atoms with Gasteiger partial charge in [-0.3, -0.25) is 9.79 Å². The minimum Gasteiger partial charge on any atom is -0.469 e. The first-order valence-corrected chi connectivity index (χ1v) is 5.90. The van der Waals surface area contributed by atoms with Crippen LogP contribution in [0.2, 0.25) is 0 Å². The largest absolute Gasteiger partial charge is 0.469 e. The summed E-state index contributed by atoms with van der Waals surface area (Å²) in [6, 6.07) is 0. The second kappa shape index (κ2) is 5.80. The highest BCUT2D eigenvalue weighted by atomic mass is 16.5. The molecule has 0 aliphatic carbocycles. The van der Waals surface area contributed by atoms with Crippen LogP contribution in [0.5, 0.6) is 0 Å². The second-order valence-corrected chi connectivity index (χ2v) is 4.55. The van der Waals surface area contributed by atoms with Gasteiger partial charge in [-0.05, 0) is 34.1 Å². The van der Waals surface area contributed by atoms with Gasteiger partial charge < -0.3 is 9.47 Å². The van der Waals surface area contributed by atoms with Gasteiger partial charge in [0.25, 0.3) is 0 Å². The minimum absolute atomic E-state index is 0.193. The molecular weight excluding hydrogens is 234 g/mol. The van der Waals surface area contributed by atoms with Crippen LogP contribution in [0.15, 0.2) is 16.3 Å². The first-order valence-electron chi connectivity index (χ1n) is 5.90. The summed E-state index contributed by atoms with van der Waals surface area (Å²) in [4.78, 5) is 27.7. The predicted molar refractivity (Wildman–Crippen MR) is 67.2 cm³/mol. The minimum atomic E-state index is -0.492. The Labute approximate surface area is 107 Å². The number of methoxy groups -OCH3 is 1. The fourth-order valence-corrected chi connectivity index (χ4v) is 1.82. The molecule has 0 radical (unpaired) electrons. The molecule has 0 saturated heterocycles. The fourth-order valence-electron chi connectivity index (χ4n) is 1.82. The van der Waals surface area contributed by atoms with E-state index in [-0.39, 0.29) is 12.1 Å². The van der Waals surface area contributed by atoms with Crippen molar-refractivity contribution in [1.29, 1.82) is 0 Å². The maximum atomic E-state index is 11.9. The van der Waals surface area contributed by atoms with E-state index in [4.69, 9.17) is 9.47 Å². The van der Waals surface area contributed by atoms with Crippen LogP contribution >= 0.6 is 0 Å². The lowest BCUT2D eigenvalue weighted by molar-refractivity contribution is -0.144. The number of rotatable bonds is 3. The van der Waals surface area contributed by atoms with Gasteiger partial charge >= 0.3 is 11.9 Å². The molecular formula is C13H19NO4. The summed E-state index contributed by atoms with van der Waals surface area (Å²) in [5.41, 5.74) is 1.73. The summed E-state index contributed by atoms with van der Waals surface area (Å²) < 4.78 is 9.85. The molecule has 0 spiro atoms. The van der Waals surface area contributed by atoms with Gasteiger partial charge in [-0.25, -0.2) is 4.79 Å². The van der Waals surface area contributed by atoms with Crippen molar-refractivity contribution < 1.29 is 19.1 Å². The summed E-state index contributed by atoms with van der Waals surface area (Å²) in [5, 5.41) is 0. The number of nitrogens with zero attached hydrogens (tertiary/aromatic N) is 1. The Morgan fingerprint density at radius 2 is 1.94 bits per heavy atom. The lowest BCUT2D eigenvalue weighted by atomic mass is 9.91. The molecule has 1 aliphatic rings. The van der Waals surface area contributed by atoms with Crippen LogP contribution in [-0.2, 0) is 19.1 Å². The van der Waals surface area contributed by atoms with Crippen LogP contribution in [0.3, 0.4) is 0 Å². The maximum absolute atomic E-state index is 11.9. The highest BCUT2D eigenvalue weighted by Gasteiger charge is 2.31. The zero-order chi connectivity index (χ0) is 13.9. The van der Waals surface area contributed by atoms with Crippen LogP contribution in [0.4, 0.5) is 0 Å². The Morgan fingerprint density at radius 3 is 2.44 bits per heavy atom. The molecule has 5 heteroatoms. The van der Waals surface area contributed by atoms with E-state index in [1.165, 1.54) is 7.11 Å². The standard InChI is InChI=1S/C13H19NO4/c1-7(2)18-13(16)11-6-10(12(15)17-5)8(3)14-9(11)4/h7,10H,6H2,1-5H3. The van der Waals surface area contributed by atoms with Crippen molar-refractivity contribution in [3.05, 3.63) is 11.3 Å². The summed E-state index contributed by atoms with van der Waals surface area (Å²) in [6.07, 6.45) is 0.0979. The van der Waals surface area contributed by atoms with Crippen LogP contribution in [0, 0.1) is 5.92 Å². The van der Waals surface area contributed by atoms with Gasteiger partial charge in [0.05, 0.1) is 24.7 Å². The number of esters is 2. The van der Waals surface area contributed by atoms with E-state index in [0.29, 0.717) is 23.4 Å². The zero-order valence-corrected chi connectivity index (χ0v) is 11.4. The first kappa shape index (κ1) is 14.4.